The maximum atomic E-state index is 12.8. The fourth-order valence-corrected chi connectivity index (χ4v) is 4.75. The molecule has 0 spiro atoms. The molecule has 0 aromatic carbocycles. The van der Waals surface area contributed by atoms with Crippen molar-refractivity contribution in [1.82, 2.24) is 45.3 Å². The van der Waals surface area contributed by atoms with Crippen molar-refractivity contribution in [2.24, 2.45) is 0 Å². The van der Waals surface area contributed by atoms with Crippen molar-refractivity contribution in [2.75, 3.05) is 6.54 Å². The lowest BCUT2D eigenvalue weighted by atomic mass is 9.90. The molecule has 2 atom stereocenters. The molecule has 1 aliphatic rings. The van der Waals surface area contributed by atoms with E-state index in [9.17, 15) is 4.79 Å². The molecule has 0 aliphatic heterocycles. The van der Waals surface area contributed by atoms with Gasteiger partial charge in [0.2, 0.25) is 0 Å². The second-order valence-electron chi connectivity index (χ2n) is 8.42. The minimum atomic E-state index is -0.201. The monoisotopic (exact) mass is 479 g/mol. The molecule has 11 heteroatoms. The molecule has 34 heavy (non-hydrogen) atoms. The summed E-state index contributed by atoms with van der Waals surface area (Å²) in [6, 6.07) is 5.48. The van der Waals surface area contributed by atoms with Crippen LogP contribution in [0.25, 0.3) is 22.6 Å². The highest BCUT2D eigenvalue weighted by Gasteiger charge is 2.28. The van der Waals surface area contributed by atoms with E-state index >= 15 is 0 Å². The Balaban J connectivity index is 1.44. The summed E-state index contributed by atoms with van der Waals surface area (Å²) in [5, 5.41) is 13.9. The average Bonchev–Trinajstić information content (AvgIpc) is 3.50. The van der Waals surface area contributed by atoms with Gasteiger partial charge in [-0.25, -0.2) is 9.97 Å². The van der Waals surface area contributed by atoms with Gasteiger partial charge in [-0.1, -0.05) is 18.5 Å². The first-order valence-corrected chi connectivity index (χ1v) is 11.9. The molecule has 3 N–H and O–H groups in total. The van der Waals surface area contributed by atoms with E-state index in [2.05, 4.69) is 47.3 Å². The fraction of sp³-hybridized carbons (Fsp3) is 0.391. The van der Waals surface area contributed by atoms with E-state index in [0.29, 0.717) is 28.8 Å². The lowest BCUT2D eigenvalue weighted by Crippen LogP contribution is -2.39. The van der Waals surface area contributed by atoms with Crippen LogP contribution < -0.4 is 10.6 Å². The zero-order valence-corrected chi connectivity index (χ0v) is 19.6. The van der Waals surface area contributed by atoms with Crippen LogP contribution >= 0.6 is 11.6 Å². The summed E-state index contributed by atoms with van der Waals surface area (Å²) in [6.45, 7) is 3.58. The second-order valence-corrected chi connectivity index (χ2v) is 8.86. The maximum Gasteiger partial charge on any atom is 0.270 e. The molecule has 4 heterocycles. The first kappa shape index (κ1) is 22.4. The summed E-state index contributed by atoms with van der Waals surface area (Å²) in [5.41, 5.74) is 2.89. The van der Waals surface area contributed by atoms with Gasteiger partial charge < -0.3 is 15.2 Å². The molecule has 176 valence electrons. The van der Waals surface area contributed by atoms with Gasteiger partial charge in [0.15, 0.2) is 5.82 Å². The van der Waals surface area contributed by atoms with E-state index in [4.69, 9.17) is 16.6 Å². The Kier molecular flexibility index (Phi) is 6.50. The van der Waals surface area contributed by atoms with E-state index < -0.39 is 0 Å². The van der Waals surface area contributed by atoms with Gasteiger partial charge in [0, 0.05) is 23.3 Å². The predicted octanol–water partition coefficient (Wildman–Crippen LogP) is 3.29. The number of amides is 1. The number of hydrogen-bond acceptors (Lipinski definition) is 7. The SMILES string of the molecule is CCNCc1nc2cnc(-c3ncn[nH]3)cc2n1[C@@H]1CCC[C@H](NC(=O)c2cc(Cl)ccn2)C1. The van der Waals surface area contributed by atoms with Crippen molar-refractivity contribution >= 4 is 28.5 Å². The highest BCUT2D eigenvalue weighted by atomic mass is 35.5. The standard InChI is InChI=1S/C23H26ClN9O/c1-2-25-12-21-31-19-11-27-17(22-28-13-29-32-22)10-20(19)33(21)16-5-3-4-15(9-16)30-23(34)18-8-14(24)6-7-26-18/h6-8,10-11,13,15-16,25H,2-5,9,12H2,1H3,(H,30,34)(H,28,29,32)/t15-,16+/m0/s1. The Morgan fingerprint density at radius 2 is 2.18 bits per heavy atom. The molecule has 10 nitrogen and oxygen atoms in total. The maximum absolute atomic E-state index is 12.8. The Morgan fingerprint density at radius 3 is 2.97 bits per heavy atom. The molecule has 1 amide bonds. The number of fused-ring (bicyclic) bond motifs is 1. The third-order valence-electron chi connectivity index (χ3n) is 6.14. The highest BCUT2D eigenvalue weighted by molar-refractivity contribution is 6.30. The molecule has 0 saturated heterocycles. The molecular weight excluding hydrogens is 454 g/mol. The molecule has 5 rings (SSSR count). The van der Waals surface area contributed by atoms with Gasteiger partial charge >= 0.3 is 0 Å². The summed E-state index contributed by atoms with van der Waals surface area (Å²) in [4.78, 5) is 30.6. The topological polar surface area (TPSA) is 126 Å². The van der Waals surface area contributed by atoms with Crippen LogP contribution in [0, 0.1) is 0 Å². The Labute approximate surface area is 201 Å². The van der Waals surface area contributed by atoms with Crippen molar-refractivity contribution in [3.63, 3.8) is 0 Å². The number of carbonyl (C=O) groups excluding carboxylic acids is 1. The molecule has 0 radical (unpaired) electrons. The lowest BCUT2D eigenvalue weighted by Gasteiger charge is -2.32. The summed E-state index contributed by atoms with van der Waals surface area (Å²) < 4.78 is 2.30. The summed E-state index contributed by atoms with van der Waals surface area (Å²) in [7, 11) is 0. The number of nitrogens with one attached hydrogen (secondary N) is 3. The van der Waals surface area contributed by atoms with Crippen molar-refractivity contribution in [2.45, 2.75) is 51.2 Å². The molecule has 0 bridgehead atoms. The van der Waals surface area contributed by atoms with Gasteiger partial charge in [0.1, 0.15) is 29.1 Å². The Bertz CT molecular complexity index is 1290. The minimum absolute atomic E-state index is 0.0343. The van der Waals surface area contributed by atoms with Crippen molar-refractivity contribution < 1.29 is 4.79 Å². The van der Waals surface area contributed by atoms with Gasteiger partial charge in [0.05, 0.1) is 18.3 Å². The van der Waals surface area contributed by atoms with E-state index in [1.54, 1.807) is 24.5 Å². The van der Waals surface area contributed by atoms with Gasteiger partial charge in [-0.05, 0) is 50.4 Å². The zero-order valence-electron chi connectivity index (χ0n) is 18.8. The van der Waals surface area contributed by atoms with Crippen LogP contribution in [-0.2, 0) is 6.54 Å². The van der Waals surface area contributed by atoms with Crippen molar-refractivity contribution in [3.05, 3.63) is 53.5 Å². The quantitative estimate of drug-likeness (QED) is 0.371. The molecule has 0 unspecified atom stereocenters. The smallest absolute Gasteiger partial charge is 0.270 e. The predicted molar refractivity (Wildman–Crippen MR) is 128 cm³/mol. The van der Waals surface area contributed by atoms with E-state index in [1.165, 1.54) is 6.33 Å². The number of imidazole rings is 1. The molecule has 1 saturated carbocycles. The number of aromatic amines is 1. The number of rotatable bonds is 7. The summed E-state index contributed by atoms with van der Waals surface area (Å²) in [6.07, 6.45) is 8.53. The molecule has 1 fully saturated rings. The van der Waals surface area contributed by atoms with Gasteiger partial charge in [-0.15, -0.1) is 0 Å². The largest absolute Gasteiger partial charge is 0.348 e. The van der Waals surface area contributed by atoms with Crippen LogP contribution in [0.1, 0.15) is 55.0 Å². The van der Waals surface area contributed by atoms with Crippen LogP contribution in [-0.4, -0.2) is 53.2 Å². The number of pyridine rings is 2. The van der Waals surface area contributed by atoms with Crippen LogP contribution in [0.4, 0.5) is 0 Å². The first-order valence-electron chi connectivity index (χ1n) is 11.5. The third-order valence-corrected chi connectivity index (χ3v) is 6.38. The molecule has 4 aromatic heterocycles. The Morgan fingerprint density at radius 1 is 1.26 bits per heavy atom. The average molecular weight is 480 g/mol. The number of hydrogen-bond donors (Lipinski definition) is 3. The first-order chi connectivity index (χ1) is 16.6. The zero-order chi connectivity index (χ0) is 23.5. The number of H-pyrrole nitrogens is 1. The van der Waals surface area contributed by atoms with Crippen molar-refractivity contribution in [1.29, 1.82) is 0 Å². The lowest BCUT2D eigenvalue weighted by molar-refractivity contribution is 0.0915. The number of nitrogens with zero attached hydrogens (tertiary/aromatic N) is 6. The second kappa shape index (κ2) is 9.86. The van der Waals surface area contributed by atoms with Crippen LogP contribution in [0.15, 0.2) is 36.9 Å². The van der Waals surface area contributed by atoms with Crippen LogP contribution in [0.2, 0.25) is 5.02 Å². The van der Waals surface area contributed by atoms with E-state index in [1.807, 2.05) is 6.07 Å². The number of carbonyl (C=O) groups is 1. The summed E-state index contributed by atoms with van der Waals surface area (Å²) >= 11 is 6.03. The van der Waals surface area contributed by atoms with Gasteiger partial charge in [0.25, 0.3) is 5.91 Å². The van der Waals surface area contributed by atoms with Crippen LogP contribution in [0.5, 0.6) is 0 Å². The molecule has 1 aliphatic carbocycles. The van der Waals surface area contributed by atoms with Gasteiger partial charge in [-0.3, -0.25) is 19.9 Å². The normalized spacial score (nSPS) is 18.3. The van der Waals surface area contributed by atoms with E-state index in [-0.39, 0.29) is 18.0 Å². The number of halogens is 1. The van der Waals surface area contributed by atoms with Crippen LogP contribution in [0.3, 0.4) is 0 Å². The van der Waals surface area contributed by atoms with E-state index in [0.717, 1.165) is 49.1 Å². The molecular formula is C23H26ClN9O. The van der Waals surface area contributed by atoms with Gasteiger partial charge in [-0.2, -0.15) is 5.10 Å². The van der Waals surface area contributed by atoms with Crippen molar-refractivity contribution in [3.8, 4) is 11.5 Å². The minimum Gasteiger partial charge on any atom is -0.348 e. The molecule has 4 aromatic rings. The Hall–Kier alpha value is -3.37. The number of aromatic nitrogens is 7. The highest BCUT2D eigenvalue weighted by Crippen LogP contribution is 2.33. The third kappa shape index (κ3) is 4.64. The summed E-state index contributed by atoms with van der Waals surface area (Å²) in [5.74, 6) is 1.38. The fourth-order valence-electron chi connectivity index (χ4n) is 4.59.